The molecule has 0 radical (unpaired) electrons. The molecular formula is C23H22N6O5. The predicted molar refractivity (Wildman–Crippen MR) is 123 cm³/mol. The summed E-state index contributed by atoms with van der Waals surface area (Å²) in [7, 11) is 0. The largest absolute Gasteiger partial charge is 0.446 e. The zero-order valence-corrected chi connectivity index (χ0v) is 17.9. The lowest BCUT2D eigenvalue weighted by Crippen LogP contribution is -2.33. The summed E-state index contributed by atoms with van der Waals surface area (Å²) >= 11 is 0. The SMILES string of the molecule is Nc1nc2c(ncn2[C@H]2C[C@H](O)[C@@H](COC(=O)N(c3ccccc3)c3ccccc3)O2)c(=O)[nH]1. The summed E-state index contributed by atoms with van der Waals surface area (Å²) < 4.78 is 13.0. The number of hydrogen-bond acceptors (Lipinski definition) is 8. The topological polar surface area (TPSA) is 149 Å². The summed E-state index contributed by atoms with van der Waals surface area (Å²) in [5.74, 6) is -0.0507. The van der Waals surface area contributed by atoms with Gasteiger partial charge in [-0.05, 0) is 24.3 Å². The van der Waals surface area contributed by atoms with E-state index in [9.17, 15) is 14.7 Å². The van der Waals surface area contributed by atoms with E-state index in [1.165, 1.54) is 15.8 Å². The van der Waals surface area contributed by atoms with E-state index in [0.717, 1.165) is 0 Å². The van der Waals surface area contributed by atoms with Crippen molar-refractivity contribution in [2.24, 2.45) is 0 Å². The Morgan fingerprint density at radius 1 is 1.18 bits per heavy atom. The van der Waals surface area contributed by atoms with Gasteiger partial charge in [-0.2, -0.15) is 4.98 Å². The summed E-state index contributed by atoms with van der Waals surface area (Å²) in [5, 5.41) is 10.5. The Hall–Kier alpha value is -4.22. The van der Waals surface area contributed by atoms with Crippen LogP contribution in [0.25, 0.3) is 11.2 Å². The number of nitrogens with two attached hydrogens (primary N) is 1. The molecule has 34 heavy (non-hydrogen) atoms. The van der Waals surface area contributed by atoms with Gasteiger partial charge in [-0.3, -0.25) is 14.3 Å². The zero-order valence-electron chi connectivity index (χ0n) is 17.9. The Balaban J connectivity index is 1.31. The molecular weight excluding hydrogens is 440 g/mol. The zero-order chi connectivity index (χ0) is 23.7. The molecule has 1 saturated heterocycles. The monoisotopic (exact) mass is 462 g/mol. The number of aliphatic hydroxyl groups is 1. The first-order valence-corrected chi connectivity index (χ1v) is 10.6. The summed E-state index contributed by atoms with van der Waals surface area (Å²) in [6.45, 7) is -0.171. The number of aromatic nitrogens is 4. The number of nitrogens with zero attached hydrogens (tertiary/aromatic N) is 4. The van der Waals surface area contributed by atoms with E-state index in [1.54, 1.807) is 24.3 Å². The van der Waals surface area contributed by atoms with Crippen LogP contribution in [-0.2, 0) is 9.47 Å². The molecule has 3 heterocycles. The number of amides is 1. The van der Waals surface area contributed by atoms with Crippen molar-refractivity contribution < 1.29 is 19.4 Å². The van der Waals surface area contributed by atoms with Crippen molar-refractivity contribution in [2.75, 3.05) is 17.2 Å². The van der Waals surface area contributed by atoms with Crippen molar-refractivity contribution >= 4 is 34.6 Å². The van der Waals surface area contributed by atoms with Crippen molar-refractivity contribution in [3.8, 4) is 0 Å². The Bertz CT molecular complexity index is 1320. The highest BCUT2D eigenvalue weighted by molar-refractivity contribution is 5.95. The van der Waals surface area contributed by atoms with Crippen LogP contribution in [0.2, 0.25) is 0 Å². The average molecular weight is 462 g/mol. The molecule has 11 heteroatoms. The number of nitrogen functional groups attached to an aromatic ring is 1. The highest BCUT2D eigenvalue weighted by Gasteiger charge is 2.37. The van der Waals surface area contributed by atoms with Gasteiger partial charge in [-0.1, -0.05) is 36.4 Å². The molecule has 2 aromatic carbocycles. The van der Waals surface area contributed by atoms with Gasteiger partial charge in [0.1, 0.15) is 18.9 Å². The maximum Gasteiger partial charge on any atom is 0.419 e. The molecule has 1 aliphatic heterocycles. The number of rotatable bonds is 5. The van der Waals surface area contributed by atoms with Gasteiger partial charge in [-0.15, -0.1) is 0 Å². The van der Waals surface area contributed by atoms with Crippen LogP contribution in [0.3, 0.4) is 0 Å². The van der Waals surface area contributed by atoms with Crippen molar-refractivity contribution in [1.82, 2.24) is 19.5 Å². The number of nitrogens with one attached hydrogen (secondary N) is 1. The van der Waals surface area contributed by atoms with Crippen LogP contribution in [0.15, 0.2) is 71.8 Å². The van der Waals surface area contributed by atoms with Crippen molar-refractivity contribution in [1.29, 1.82) is 0 Å². The van der Waals surface area contributed by atoms with Gasteiger partial charge in [0.25, 0.3) is 5.56 Å². The second-order valence-electron chi connectivity index (χ2n) is 7.79. The van der Waals surface area contributed by atoms with Crippen molar-refractivity contribution in [3.63, 3.8) is 0 Å². The normalized spacial score (nSPS) is 19.9. The van der Waals surface area contributed by atoms with Gasteiger partial charge in [-0.25, -0.2) is 14.7 Å². The third-order valence-corrected chi connectivity index (χ3v) is 5.55. The smallest absolute Gasteiger partial charge is 0.419 e. The number of imidazole rings is 1. The van der Waals surface area contributed by atoms with Gasteiger partial charge < -0.3 is 20.3 Å². The first-order valence-electron chi connectivity index (χ1n) is 10.6. The van der Waals surface area contributed by atoms with Crippen LogP contribution in [0, 0.1) is 0 Å². The van der Waals surface area contributed by atoms with Gasteiger partial charge >= 0.3 is 6.09 Å². The number of anilines is 3. The van der Waals surface area contributed by atoms with Gasteiger partial charge in [0.2, 0.25) is 5.95 Å². The molecule has 5 rings (SSSR count). The lowest BCUT2D eigenvalue weighted by atomic mass is 10.2. The standard InChI is InChI=1S/C23H22N6O5/c24-22-26-20-19(21(31)27-22)25-13-28(20)18-11-16(30)17(34-18)12-33-23(32)29(14-7-3-1-4-8-14)15-9-5-2-6-10-15/h1-10,13,16-18,30H,11-12H2,(H3,24,26,27,31)/t16-,17+,18+/m0/s1. The van der Waals surface area contributed by atoms with Crippen LogP contribution < -0.4 is 16.2 Å². The number of para-hydroxylation sites is 2. The number of fused-ring (bicyclic) bond motifs is 1. The molecule has 2 aromatic heterocycles. The summed E-state index contributed by atoms with van der Waals surface area (Å²) in [4.78, 5) is 37.1. The lowest BCUT2D eigenvalue weighted by Gasteiger charge is -2.23. The fourth-order valence-corrected chi connectivity index (χ4v) is 3.92. The molecule has 1 fully saturated rings. The molecule has 4 N–H and O–H groups in total. The highest BCUT2D eigenvalue weighted by Crippen LogP contribution is 2.31. The number of aliphatic hydroxyl groups excluding tert-OH is 1. The van der Waals surface area contributed by atoms with Crippen molar-refractivity contribution in [3.05, 3.63) is 77.3 Å². The minimum absolute atomic E-state index is 0.0507. The minimum Gasteiger partial charge on any atom is -0.446 e. The third kappa shape index (κ3) is 4.09. The predicted octanol–water partition coefficient (Wildman–Crippen LogP) is 2.33. The van der Waals surface area contributed by atoms with Gasteiger partial charge in [0, 0.05) is 6.42 Å². The van der Waals surface area contributed by atoms with E-state index < -0.39 is 30.1 Å². The maximum atomic E-state index is 13.1. The van der Waals surface area contributed by atoms with E-state index >= 15 is 0 Å². The summed E-state index contributed by atoms with van der Waals surface area (Å²) in [5.41, 5.74) is 6.83. The molecule has 3 atom stereocenters. The van der Waals surface area contributed by atoms with Crippen LogP contribution >= 0.6 is 0 Å². The van der Waals surface area contributed by atoms with E-state index in [4.69, 9.17) is 15.2 Å². The minimum atomic E-state index is -0.906. The second kappa shape index (κ2) is 8.96. The third-order valence-electron chi connectivity index (χ3n) is 5.55. The number of benzene rings is 2. The molecule has 4 aromatic rings. The van der Waals surface area contributed by atoms with Crippen LogP contribution in [0.5, 0.6) is 0 Å². The fourth-order valence-electron chi connectivity index (χ4n) is 3.92. The van der Waals surface area contributed by atoms with E-state index in [1.807, 2.05) is 36.4 Å². The molecule has 0 unspecified atom stereocenters. The number of ether oxygens (including phenoxy) is 2. The number of H-pyrrole nitrogens is 1. The number of hydrogen-bond donors (Lipinski definition) is 3. The van der Waals surface area contributed by atoms with Crippen LogP contribution in [0.1, 0.15) is 12.6 Å². The molecule has 0 aliphatic carbocycles. The summed E-state index contributed by atoms with van der Waals surface area (Å²) in [6, 6.07) is 18.2. The highest BCUT2D eigenvalue weighted by atomic mass is 16.6. The first kappa shape index (κ1) is 21.6. The number of carbonyl (C=O) groups is 1. The molecule has 1 amide bonds. The number of carbonyl (C=O) groups excluding carboxylic acids is 1. The molecule has 0 bridgehead atoms. The van der Waals surface area contributed by atoms with E-state index in [-0.39, 0.29) is 30.1 Å². The molecule has 11 nitrogen and oxygen atoms in total. The van der Waals surface area contributed by atoms with E-state index in [2.05, 4.69) is 15.0 Å². The van der Waals surface area contributed by atoms with Crippen LogP contribution in [0.4, 0.5) is 22.1 Å². The number of aromatic amines is 1. The first-order chi connectivity index (χ1) is 16.5. The second-order valence-corrected chi connectivity index (χ2v) is 7.79. The van der Waals surface area contributed by atoms with E-state index in [0.29, 0.717) is 11.4 Å². The van der Waals surface area contributed by atoms with Crippen LogP contribution in [-0.4, -0.2) is 49.5 Å². The maximum absolute atomic E-state index is 13.1. The van der Waals surface area contributed by atoms with Gasteiger partial charge in [0.05, 0.1) is 23.8 Å². The molecule has 0 saturated carbocycles. The quantitative estimate of drug-likeness (QED) is 0.409. The Labute approximate surface area is 193 Å². The Morgan fingerprint density at radius 2 is 1.82 bits per heavy atom. The fraction of sp³-hybridized carbons (Fsp3) is 0.217. The van der Waals surface area contributed by atoms with Crippen molar-refractivity contribution in [2.45, 2.75) is 24.9 Å². The Kier molecular flexibility index (Phi) is 5.70. The Morgan fingerprint density at radius 3 is 2.47 bits per heavy atom. The molecule has 1 aliphatic rings. The molecule has 0 spiro atoms. The summed E-state index contributed by atoms with van der Waals surface area (Å²) in [6.07, 6.45) is -1.34. The average Bonchev–Trinajstić information content (AvgIpc) is 3.42. The van der Waals surface area contributed by atoms with Gasteiger partial charge in [0.15, 0.2) is 11.2 Å². The molecule has 174 valence electrons. The lowest BCUT2D eigenvalue weighted by molar-refractivity contribution is -0.0454.